The number of morpholine rings is 1. The molecule has 0 radical (unpaired) electrons. The van der Waals surface area contributed by atoms with Gasteiger partial charge in [-0.3, -0.25) is 4.90 Å². The molecule has 0 saturated carbocycles. The van der Waals surface area contributed by atoms with E-state index in [1.807, 2.05) is 17.0 Å². The second kappa shape index (κ2) is 8.75. The number of aryl methyl sites for hydroxylation is 3. The fraction of sp³-hybridized carbons (Fsp3) is 0.387. The summed E-state index contributed by atoms with van der Waals surface area (Å²) >= 11 is 0. The van der Waals surface area contributed by atoms with E-state index >= 15 is 0 Å². The van der Waals surface area contributed by atoms with Gasteiger partial charge in [-0.15, -0.1) is 0 Å². The molecule has 3 aromatic carbocycles. The van der Waals surface area contributed by atoms with Gasteiger partial charge in [0.15, 0.2) is 0 Å². The Balaban J connectivity index is 1.22. The summed E-state index contributed by atoms with van der Waals surface area (Å²) in [6.45, 7) is 7.33. The summed E-state index contributed by atoms with van der Waals surface area (Å²) in [6.07, 6.45) is 0.575. The summed E-state index contributed by atoms with van der Waals surface area (Å²) in [5, 5.41) is 11.9. The number of amides is 1. The average Bonchev–Trinajstić information content (AvgIpc) is 3.15. The molecule has 1 amide bonds. The lowest BCUT2D eigenvalue weighted by Crippen LogP contribution is -2.62. The summed E-state index contributed by atoms with van der Waals surface area (Å²) in [6, 6.07) is 20.5. The Morgan fingerprint density at radius 3 is 2.03 bits per heavy atom. The summed E-state index contributed by atoms with van der Waals surface area (Å²) in [4.78, 5) is 15.3. The van der Waals surface area contributed by atoms with Gasteiger partial charge in [0.1, 0.15) is 6.61 Å². The van der Waals surface area contributed by atoms with Crippen LogP contribution < -0.4 is 0 Å². The number of nitrogens with zero attached hydrogens (tertiary/aromatic N) is 1. The number of ether oxygens (including phenoxy) is 2. The fourth-order valence-corrected chi connectivity index (χ4v) is 7.06. The monoisotopic (exact) mass is 483 g/mol. The van der Waals surface area contributed by atoms with E-state index in [2.05, 4.69) is 69.3 Å². The molecule has 3 aliphatic rings. The second-order valence-electron chi connectivity index (χ2n) is 10.8. The molecule has 2 heterocycles. The standard InChI is InChI=1S/C31H33NO4/c1-19-12-20(2)29(21(3)13-19)31(34)14-22-16-35-17-23(15-31)32(22)30(33)36-18-28-26-10-6-4-8-24(26)25-9-5-7-11-27(25)28/h4-13,22-23,28,34H,14-18H2,1-3H3. The predicted molar refractivity (Wildman–Crippen MR) is 139 cm³/mol. The quantitative estimate of drug-likeness (QED) is 0.526. The second-order valence-corrected chi connectivity index (χ2v) is 10.8. The number of carbonyl (C=O) groups is 1. The zero-order valence-corrected chi connectivity index (χ0v) is 21.2. The van der Waals surface area contributed by atoms with Crippen LogP contribution in [0.25, 0.3) is 11.1 Å². The van der Waals surface area contributed by atoms with Crippen molar-refractivity contribution in [2.45, 2.75) is 57.2 Å². The van der Waals surface area contributed by atoms with Crippen LogP contribution in [-0.4, -0.2) is 48.0 Å². The molecule has 2 saturated heterocycles. The lowest BCUT2D eigenvalue weighted by atomic mass is 9.74. The van der Waals surface area contributed by atoms with Crippen molar-refractivity contribution in [3.8, 4) is 11.1 Å². The third-order valence-electron chi connectivity index (χ3n) is 8.24. The van der Waals surface area contributed by atoms with Crippen molar-refractivity contribution in [1.82, 2.24) is 4.90 Å². The number of carbonyl (C=O) groups excluding carboxylic acids is 1. The number of benzene rings is 3. The summed E-state index contributed by atoms with van der Waals surface area (Å²) in [5.74, 6) is 0.0250. The zero-order chi connectivity index (χ0) is 25.0. The first-order valence-electron chi connectivity index (χ1n) is 12.9. The van der Waals surface area contributed by atoms with Gasteiger partial charge in [0.2, 0.25) is 0 Å². The van der Waals surface area contributed by atoms with Gasteiger partial charge in [-0.2, -0.15) is 0 Å². The topological polar surface area (TPSA) is 59.0 Å². The number of fused-ring (bicyclic) bond motifs is 5. The van der Waals surface area contributed by atoms with Crippen molar-refractivity contribution < 1.29 is 19.4 Å². The summed E-state index contributed by atoms with van der Waals surface area (Å²) in [5.41, 5.74) is 8.24. The van der Waals surface area contributed by atoms with E-state index in [1.54, 1.807) is 0 Å². The molecule has 0 aromatic heterocycles. The molecule has 36 heavy (non-hydrogen) atoms. The first-order chi connectivity index (χ1) is 17.4. The Labute approximate surface area is 212 Å². The van der Waals surface area contributed by atoms with Crippen molar-refractivity contribution >= 4 is 6.09 Å². The molecule has 2 bridgehead atoms. The van der Waals surface area contributed by atoms with E-state index in [0.717, 1.165) is 16.7 Å². The van der Waals surface area contributed by atoms with Crippen molar-refractivity contribution in [2.75, 3.05) is 19.8 Å². The largest absolute Gasteiger partial charge is 0.448 e. The van der Waals surface area contributed by atoms with E-state index < -0.39 is 5.60 Å². The maximum atomic E-state index is 13.5. The van der Waals surface area contributed by atoms with Crippen LogP contribution in [0.5, 0.6) is 0 Å². The van der Waals surface area contributed by atoms with Crippen molar-refractivity contribution in [3.05, 3.63) is 94.0 Å². The molecule has 0 spiro atoms. The number of aliphatic hydroxyl groups is 1. The van der Waals surface area contributed by atoms with Crippen molar-refractivity contribution in [3.63, 3.8) is 0 Å². The van der Waals surface area contributed by atoms with Gasteiger partial charge in [0, 0.05) is 18.8 Å². The molecule has 1 aliphatic carbocycles. The van der Waals surface area contributed by atoms with Gasteiger partial charge in [-0.1, -0.05) is 66.2 Å². The number of hydrogen-bond donors (Lipinski definition) is 1. The average molecular weight is 484 g/mol. The van der Waals surface area contributed by atoms with Crippen LogP contribution in [0, 0.1) is 20.8 Å². The fourth-order valence-electron chi connectivity index (χ4n) is 7.06. The molecule has 1 N–H and O–H groups in total. The van der Waals surface area contributed by atoms with E-state index in [0.29, 0.717) is 32.7 Å². The summed E-state index contributed by atoms with van der Waals surface area (Å²) in [7, 11) is 0. The van der Waals surface area contributed by atoms with Crippen LogP contribution in [0.4, 0.5) is 4.79 Å². The van der Waals surface area contributed by atoms with Crippen molar-refractivity contribution in [1.29, 1.82) is 0 Å². The van der Waals surface area contributed by atoms with E-state index in [9.17, 15) is 9.90 Å². The zero-order valence-electron chi connectivity index (χ0n) is 21.2. The van der Waals surface area contributed by atoms with E-state index in [-0.39, 0.29) is 24.1 Å². The van der Waals surface area contributed by atoms with Crippen LogP contribution in [0.15, 0.2) is 60.7 Å². The molecule has 2 atom stereocenters. The molecule has 3 aromatic rings. The molecule has 5 nitrogen and oxygen atoms in total. The number of piperidine rings is 1. The van der Waals surface area contributed by atoms with Crippen LogP contribution >= 0.6 is 0 Å². The van der Waals surface area contributed by atoms with Crippen LogP contribution in [0.1, 0.15) is 52.1 Å². The van der Waals surface area contributed by atoms with Gasteiger partial charge in [0.05, 0.1) is 30.9 Å². The third kappa shape index (κ3) is 3.73. The maximum absolute atomic E-state index is 13.5. The van der Waals surface area contributed by atoms with Crippen molar-refractivity contribution in [2.24, 2.45) is 0 Å². The number of hydrogen-bond acceptors (Lipinski definition) is 4. The van der Waals surface area contributed by atoms with Crippen LogP contribution in [0.3, 0.4) is 0 Å². The Morgan fingerprint density at radius 2 is 1.47 bits per heavy atom. The van der Waals surface area contributed by atoms with Crippen LogP contribution in [0.2, 0.25) is 0 Å². The highest BCUT2D eigenvalue weighted by Gasteiger charge is 2.50. The third-order valence-corrected chi connectivity index (χ3v) is 8.24. The normalized spacial score (nSPS) is 24.8. The van der Waals surface area contributed by atoms with Crippen LogP contribution in [-0.2, 0) is 15.1 Å². The van der Waals surface area contributed by atoms with Gasteiger partial charge < -0.3 is 14.6 Å². The highest BCUT2D eigenvalue weighted by atomic mass is 16.6. The molecule has 5 heteroatoms. The maximum Gasteiger partial charge on any atom is 0.410 e. The minimum absolute atomic E-state index is 0.0250. The molecule has 2 unspecified atom stereocenters. The molecule has 2 aliphatic heterocycles. The number of rotatable bonds is 3. The summed E-state index contributed by atoms with van der Waals surface area (Å²) < 4.78 is 11.8. The van der Waals surface area contributed by atoms with E-state index in [4.69, 9.17) is 9.47 Å². The Hall–Kier alpha value is -3.15. The Morgan fingerprint density at radius 1 is 0.944 bits per heavy atom. The van der Waals surface area contributed by atoms with E-state index in [1.165, 1.54) is 27.8 Å². The SMILES string of the molecule is Cc1cc(C)c(C2(O)CC3COCC(C2)N3C(=O)OCC2c3ccccc3-c3ccccc32)c(C)c1. The van der Waals surface area contributed by atoms with Gasteiger partial charge in [-0.05, 0) is 59.7 Å². The highest BCUT2D eigenvalue weighted by Crippen LogP contribution is 2.46. The first kappa shape index (κ1) is 23.3. The minimum Gasteiger partial charge on any atom is -0.448 e. The van der Waals surface area contributed by atoms with Gasteiger partial charge in [0.25, 0.3) is 0 Å². The van der Waals surface area contributed by atoms with Gasteiger partial charge in [-0.25, -0.2) is 4.79 Å². The first-order valence-corrected chi connectivity index (χ1v) is 12.9. The highest BCUT2D eigenvalue weighted by molar-refractivity contribution is 5.79. The molecule has 6 rings (SSSR count). The molecular weight excluding hydrogens is 450 g/mol. The Bertz CT molecular complexity index is 1250. The molecular formula is C31H33NO4. The minimum atomic E-state index is -0.985. The lowest BCUT2D eigenvalue weighted by molar-refractivity contribution is -0.136. The smallest absolute Gasteiger partial charge is 0.410 e. The predicted octanol–water partition coefficient (Wildman–Crippen LogP) is 5.61. The molecule has 2 fully saturated rings. The lowest BCUT2D eigenvalue weighted by Gasteiger charge is -2.51. The molecule has 186 valence electrons. The van der Waals surface area contributed by atoms with Gasteiger partial charge >= 0.3 is 6.09 Å². The Kier molecular flexibility index (Phi) is 5.66.